The van der Waals surface area contributed by atoms with Crippen molar-refractivity contribution < 1.29 is 24.0 Å². The van der Waals surface area contributed by atoms with Gasteiger partial charge in [-0.15, -0.1) is 0 Å². The Kier molecular flexibility index (Phi) is 6.15. The molecule has 0 aromatic heterocycles. The van der Waals surface area contributed by atoms with Crippen LogP contribution in [0.4, 0.5) is 0 Å². The molecule has 0 fully saturated rings. The summed E-state index contributed by atoms with van der Waals surface area (Å²) in [6.07, 6.45) is -0.656. The van der Waals surface area contributed by atoms with Gasteiger partial charge in [0.25, 0.3) is 0 Å². The topological polar surface area (TPSA) is 26.3 Å². The maximum absolute atomic E-state index is 11.8. The van der Waals surface area contributed by atoms with E-state index in [-0.39, 0.29) is 24.9 Å². The number of hydrogen-bond acceptors (Lipinski definition) is 2. The molecule has 0 radical (unpaired) electrons. The van der Waals surface area contributed by atoms with E-state index in [9.17, 15) is 5.11 Å². The smallest absolute Gasteiger partial charge is 0.847 e. The number of benzene rings is 1. The zero-order valence-electron chi connectivity index (χ0n) is 9.40. The molecule has 2 atom stereocenters. The van der Waals surface area contributed by atoms with Gasteiger partial charge in [-0.05, 0) is 20.1 Å². The largest absolute Gasteiger partial charge is 1.00 e. The van der Waals surface area contributed by atoms with Crippen molar-refractivity contribution >= 4 is 0 Å². The molecule has 0 amide bonds. The Morgan fingerprint density at radius 3 is 2.07 bits per heavy atom. The molecule has 0 N–H and O–H groups in total. The second-order valence-corrected chi connectivity index (χ2v) is 3.54. The Morgan fingerprint density at radius 1 is 1.14 bits per heavy atom. The Balaban J connectivity index is 0.00000169. The third kappa shape index (κ3) is 3.47. The third-order valence-corrected chi connectivity index (χ3v) is 2.38. The van der Waals surface area contributed by atoms with Crippen molar-refractivity contribution in [2.75, 3.05) is 14.1 Å². The monoisotopic (exact) mass is 185 g/mol. The first kappa shape index (κ1) is 13.7. The summed E-state index contributed by atoms with van der Waals surface area (Å²) in [5.74, 6) is 0. The zero-order valence-corrected chi connectivity index (χ0v) is 9.40. The Morgan fingerprint density at radius 2 is 1.64 bits per heavy atom. The maximum Gasteiger partial charge on any atom is 1.00 e. The summed E-state index contributed by atoms with van der Waals surface area (Å²) in [4.78, 5) is 1.95. The average Bonchev–Trinajstić information content (AvgIpc) is 2.17. The van der Waals surface area contributed by atoms with Gasteiger partial charge in [0.05, 0.1) is 0 Å². The predicted molar refractivity (Wildman–Crippen MR) is 52.3 cm³/mol. The Hall–Kier alpha value is -0.263. The first-order valence-corrected chi connectivity index (χ1v) is 4.50. The van der Waals surface area contributed by atoms with Crippen LogP contribution < -0.4 is 24.0 Å². The molecule has 72 valence electrons. The summed E-state index contributed by atoms with van der Waals surface area (Å²) < 4.78 is 0. The van der Waals surface area contributed by atoms with Crippen molar-refractivity contribution in [1.29, 1.82) is 0 Å². The van der Waals surface area contributed by atoms with Crippen LogP contribution in [0.1, 0.15) is 18.6 Å². The second kappa shape index (κ2) is 6.26. The molecule has 0 saturated carbocycles. The minimum atomic E-state index is -0.656. The quantitative estimate of drug-likeness (QED) is 0.511. The van der Waals surface area contributed by atoms with Gasteiger partial charge < -0.3 is 10.0 Å². The van der Waals surface area contributed by atoms with Crippen LogP contribution in [0.3, 0.4) is 0 Å². The van der Waals surface area contributed by atoms with Gasteiger partial charge in [-0.2, -0.15) is 0 Å². The maximum atomic E-state index is 11.8. The molecule has 0 bridgehead atoms. The Bertz CT molecular complexity index is 251. The van der Waals surface area contributed by atoms with E-state index < -0.39 is 6.10 Å². The van der Waals surface area contributed by atoms with Crippen LogP contribution in [0.15, 0.2) is 30.3 Å². The molecule has 1 rings (SSSR count). The molecule has 1 aromatic carbocycles. The van der Waals surface area contributed by atoms with E-state index in [0.717, 1.165) is 5.56 Å². The van der Waals surface area contributed by atoms with Crippen molar-refractivity contribution in [2.24, 2.45) is 0 Å². The summed E-state index contributed by atoms with van der Waals surface area (Å²) in [6.45, 7) is 1.95. The molecule has 0 spiro atoms. The number of rotatable bonds is 3. The minimum Gasteiger partial charge on any atom is -0.847 e. The molecule has 2 nitrogen and oxygen atoms in total. The van der Waals surface area contributed by atoms with Gasteiger partial charge in [0.1, 0.15) is 0 Å². The predicted octanol–water partition coefficient (Wildman–Crippen LogP) is -1.96. The van der Waals surface area contributed by atoms with Crippen LogP contribution in [-0.4, -0.2) is 25.0 Å². The van der Waals surface area contributed by atoms with E-state index in [1.165, 1.54) is 0 Å². The fraction of sp³-hybridized carbons (Fsp3) is 0.455. The molecule has 1 aromatic rings. The number of likely N-dealkylation sites (N-methyl/N-ethyl adjacent to an activating group) is 1. The van der Waals surface area contributed by atoms with Gasteiger partial charge in [0, 0.05) is 0 Å². The van der Waals surface area contributed by atoms with Gasteiger partial charge in [0.15, 0.2) is 0 Å². The molecule has 0 saturated heterocycles. The van der Waals surface area contributed by atoms with Crippen molar-refractivity contribution in [3.8, 4) is 0 Å². The molecule has 0 aliphatic heterocycles. The van der Waals surface area contributed by atoms with Crippen molar-refractivity contribution in [3.63, 3.8) is 0 Å². The first-order valence-electron chi connectivity index (χ1n) is 4.50. The van der Waals surface area contributed by atoms with Crippen LogP contribution in [0.25, 0.3) is 0 Å². The molecular formula is C11H16LiNO. The molecule has 0 heterocycles. The van der Waals surface area contributed by atoms with Crippen LogP contribution in [0, 0.1) is 0 Å². The van der Waals surface area contributed by atoms with Crippen LogP contribution in [0.2, 0.25) is 0 Å². The van der Waals surface area contributed by atoms with Crippen LogP contribution in [0.5, 0.6) is 0 Å². The molecular weight excluding hydrogens is 169 g/mol. The van der Waals surface area contributed by atoms with Crippen LogP contribution in [-0.2, 0) is 0 Å². The molecule has 3 heteroatoms. The minimum absolute atomic E-state index is 0. The summed E-state index contributed by atoms with van der Waals surface area (Å²) in [5.41, 5.74) is 0.865. The van der Waals surface area contributed by atoms with E-state index >= 15 is 0 Å². The van der Waals surface area contributed by atoms with Gasteiger partial charge in [0.2, 0.25) is 0 Å². The first-order chi connectivity index (χ1) is 6.13. The second-order valence-electron chi connectivity index (χ2n) is 3.54. The fourth-order valence-electron chi connectivity index (χ4n) is 1.19. The van der Waals surface area contributed by atoms with Gasteiger partial charge >= 0.3 is 18.9 Å². The SMILES string of the molecule is C[C@@H]([C@@H]([O-])c1ccccc1)N(C)C.[Li+]. The van der Waals surface area contributed by atoms with E-state index in [4.69, 9.17) is 0 Å². The van der Waals surface area contributed by atoms with E-state index in [1.54, 1.807) is 0 Å². The number of nitrogens with zero attached hydrogens (tertiary/aromatic N) is 1. The normalized spacial score (nSPS) is 14.6. The zero-order chi connectivity index (χ0) is 9.84. The molecule has 0 unspecified atom stereocenters. The van der Waals surface area contributed by atoms with Gasteiger partial charge in [-0.1, -0.05) is 48.9 Å². The van der Waals surface area contributed by atoms with E-state index in [0.29, 0.717) is 0 Å². The summed E-state index contributed by atoms with van der Waals surface area (Å²) in [7, 11) is 3.86. The van der Waals surface area contributed by atoms with Crippen molar-refractivity contribution in [2.45, 2.75) is 19.1 Å². The molecule has 0 aliphatic carbocycles. The van der Waals surface area contributed by atoms with Crippen molar-refractivity contribution in [1.82, 2.24) is 4.90 Å². The summed E-state index contributed by atoms with van der Waals surface area (Å²) >= 11 is 0. The average molecular weight is 185 g/mol. The van der Waals surface area contributed by atoms with E-state index in [2.05, 4.69) is 0 Å². The van der Waals surface area contributed by atoms with E-state index in [1.807, 2.05) is 56.3 Å². The summed E-state index contributed by atoms with van der Waals surface area (Å²) in [5, 5.41) is 11.8. The molecule has 0 aliphatic rings. The standard InChI is InChI=1S/C11H16NO.Li/c1-9(12(2)3)11(13)10-7-5-4-6-8-10;/h4-9,11H,1-3H3;/q-1;+1/t9-,11+;/m0./s1. The number of hydrogen-bond donors (Lipinski definition) is 0. The molecule has 14 heavy (non-hydrogen) atoms. The van der Waals surface area contributed by atoms with Crippen LogP contribution >= 0.6 is 0 Å². The van der Waals surface area contributed by atoms with Gasteiger partial charge in [-0.25, -0.2) is 0 Å². The van der Waals surface area contributed by atoms with Crippen molar-refractivity contribution in [3.05, 3.63) is 35.9 Å². The summed E-state index contributed by atoms with van der Waals surface area (Å²) in [6, 6.07) is 9.54. The third-order valence-electron chi connectivity index (χ3n) is 2.38. The fourth-order valence-corrected chi connectivity index (χ4v) is 1.19. The Labute approximate surface area is 98.1 Å². The van der Waals surface area contributed by atoms with Gasteiger partial charge in [-0.3, -0.25) is 0 Å².